The molecule has 1 atom stereocenters. The number of benzene rings is 2. The zero-order valence-corrected chi connectivity index (χ0v) is 23.1. The Labute approximate surface area is 218 Å². The van der Waals surface area contributed by atoms with Crippen LogP contribution >= 0.6 is 23.2 Å². The highest BCUT2D eigenvalue weighted by Crippen LogP contribution is 2.27. The zero-order valence-electron chi connectivity index (χ0n) is 20.8. The van der Waals surface area contributed by atoms with E-state index in [1.54, 1.807) is 44.2 Å². The molecule has 1 unspecified atom stereocenters. The van der Waals surface area contributed by atoms with Crippen LogP contribution in [0.3, 0.4) is 0 Å². The molecule has 35 heavy (non-hydrogen) atoms. The van der Waals surface area contributed by atoms with Crippen molar-refractivity contribution >= 4 is 50.7 Å². The van der Waals surface area contributed by atoms with Crippen LogP contribution in [0, 0.1) is 13.8 Å². The number of likely N-dealkylation sites (N-methyl/N-ethyl adjacent to an activating group) is 1. The molecule has 1 N–H and O–H groups in total. The summed E-state index contributed by atoms with van der Waals surface area (Å²) in [6, 6.07) is 9.87. The van der Waals surface area contributed by atoms with Crippen molar-refractivity contribution in [1.29, 1.82) is 0 Å². The van der Waals surface area contributed by atoms with Gasteiger partial charge in [0.1, 0.15) is 6.04 Å². The van der Waals surface area contributed by atoms with Gasteiger partial charge in [-0.05, 0) is 69.5 Å². The number of sulfonamides is 1. The largest absolute Gasteiger partial charge is 0.355 e. The molecule has 0 heterocycles. The molecule has 0 radical (unpaired) electrons. The molecule has 0 bridgehead atoms. The number of carbonyl (C=O) groups is 2. The number of hydrogen-bond donors (Lipinski definition) is 1. The Morgan fingerprint density at radius 3 is 2.14 bits per heavy atom. The van der Waals surface area contributed by atoms with E-state index in [1.165, 1.54) is 9.21 Å². The maximum atomic E-state index is 13.3. The summed E-state index contributed by atoms with van der Waals surface area (Å²) in [5.41, 5.74) is 3.01. The summed E-state index contributed by atoms with van der Waals surface area (Å²) in [5, 5.41) is 3.53. The fourth-order valence-corrected chi connectivity index (χ4v) is 5.32. The van der Waals surface area contributed by atoms with Crippen LogP contribution < -0.4 is 9.62 Å². The first-order chi connectivity index (χ1) is 16.3. The minimum Gasteiger partial charge on any atom is -0.355 e. The Morgan fingerprint density at radius 2 is 1.63 bits per heavy atom. The normalized spacial score (nSPS) is 12.2. The van der Waals surface area contributed by atoms with Crippen LogP contribution in [0.5, 0.6) is 0 Å². The minimum absolute atomic E-state index is 0.0443. The average molecular weight is 543 g/mol. The van der Waals surface area contributed by atoms with Crippen LogP contribution in [-0.4, -0.2) is 50.5 Å². The number of carbonyl (C=O) groups excluding carboxylic acids is 2. The van der Waals surface area contributed by atoms with Gasteiger partial charge in [-0.3, -0.25) is 13.9 Å². The van der Waals surface area contributed by atoms with E-state index in [9.17, 15) is 18.0 Å². The zero-order chi connectivity index (χ0) is 26.3. The van der Waals surface area contributed by atoms with E-state index >= 15 is 0 Å². The molecular formula is C25H33Cl2N3O4S. The van der Waals surface area contributed by atoms with Crippen molar-refractivity contribution in [3.63, 3.8) is 0 Å². The van der Waals surface area contributed by atoms with Crippen LogP contribution in [-0.2, 0) is 26.2 Å². The van der Waals surface area contributed by atoms with Crippen molar-refractivity contribution < 1.29 is 18.0 Å². The smallest absolute Gasteiger partial charge is 0.242 e. The highest BCUT2D eigenvalue weighted by Gasteiger charge is 2.27. The predicted octanol–water partition coefficient (Wildman–Crippen LogP) is 4.71. The van der Waals surface area contributed by atoms with Crippen LogP contribution in [0.4, 0.5) is 5.69 Å². The number of halogens is 2. The molecule has 2 rings (SSSR count). The van der Waals surface area contributed by atoms with Gasteiger partial charge in [0.25, 0.3) is 0 Å². The lowest BCUT2D eigenvalue weighted by Crippen LogP contribution is -2.47. The summed E-state index contributed by atoms with van der Waals surface area (Å²) in [7, 11) is -3.56. The molecule has 0 fully saturated rings. The summed E-state index contributed by atoms with van der Waals surface area (Å²) in [6.45, 7) is 7.87. The fourth-order valence-electron chi connectivity index (χ4n) is 3.86. The summed E-state index contributed by atoms with van der Waals surface area (Å²) in [4.78, 5) is 27.3. The second-order valence-corrected chi connectivity index (χ2v) is 11.3. The Morgan fingerprint density at radius 1 is 1.06 bits per heavy atom. The van der Waals surface area contributed by atoms with E-state index in [0.29, 0.717) is 27.8 Å². The number of aryl methyl sites for hydroxylation is 2. The maximum Gasteiger partial charge on any atom is 0.242 e. The topological polar surface area (TPSA) is 86.8 Å². The van der Waals surface area contributed by atoms with Crippen molar-refractivity contribution in [3.05, 3.63) is 63.1 Å². The molecule has 7 nitrogen and oxygen atoms in total. The van der Waals surface area contributed by atoms with Crippen LogP contribution in [0.1, 0.15) is 43.4 Å². The summed E-state index contributed by atoms with van der Waals surface area (Å²) in [5.74, 6) is -0.592. The Hall–Kier alpha value is -2.29. The molecule has 10 heteroatoms. The van der Waals surface area contributed by atoms with Gasteiger partial charge in [-0.1, -0.05) is 35.3 Å². The predicted molar refractivity (Wildman–Crippen MR) is 142 cm³/mol. The first-order valence-corrected chi connectivity index (χ1v) is 14.0. The van der Waals surface area contributed by atoms with Crippen LogP contribution in [0.15, 0.2) is 36.4 Å². The molecule has 2 aromatic rings. The number of hydrogen-bond acceptors (Lipinski definition) is 4. The number of amides is 2. The van der Waals surface area contributed by atoms with E-state index < -0.39 is 16.1 Å². The lowest BCUT2D eigenvalue weighted by atomic mass is 10.1. The molecule has 0 aromatic heterocycles. The molecule has 0 aliphatic rings. The number of anilines is 1. The lowest BCUT2D eigenvalue weighted by molar-refractivity contribution is -0.140. The highest BCUT2D eigenvalue weighted by molar-refractivity contribution is 7.92. The van der Waals surface area contributed by atoms with Crippen LogP contribution in [0.2, 0.25) is 10.0 Å². The highest BCUT2D eigenvalue weighted by atomic mass is 35.5. The first kappa shape index (κ1) is 28.9. The molecule has 0 aliphatic heterocycles. The van der Waals surface area contributed by atoms with E-state index in [2.05, 4.69) is 5.32 Å². The van der Waals surface area contributed by atoms with Gasteiger partial charge in [-0.25, -0.2) is 8.42 Å². The van der Waals surface area contributed by atoms with Gasteiger partial charge >= 0.3 is 0 Å². The summed E-state index contributed by atoms with van der Waals surface area (Å²) in [6.07, 6.45) is 1.46. The van der Waals surface area contributed by atoms with E-state index in [1.807, 2.05) is 19.9 Å². The average Bonchev–Trinajstić information content (AvgIpc) is 2.74. The number of rotatable bonds is 11. The quantitative estimate of drug-likeness (QED) is 0.446. The minimum atomic E-state index is -3.56. The second-order valence-electron chi connectivity index (χ2n) is 8.58. The van der Waals surface area contributed by atoms with Crippen molar-refractivity contribution in [3.8, 4) is 0 Å². The molecule has 0 aliphatic carbocycles. The molecule has 192 valence electrons. The summed E-state index contributed by atoms with van der Waals surface area (Å²) >= 11 is 12.6. The Kier molecular flexibility index (Phi) is 10.4. The lowest BCUT2D eigenvalue weighted by Gasteiger charge is -2.30. The van der Waals surface area contributed by atoms with Crippen molar-refractivity contribution in [2.75, 3.05) is 23.7 Å². The molecular weight excluding hydrogens is 509 g/mol. The standard InChI is InChI=1S/C25H33Cl2N3O4S/c1-6-28-25(32)19(4)29(16-21-22(26)9-7-10-23(21)27)24(31)11-8-12-30(35(5,33)34)20-14-17(2)13-18(3)15-20/h7,9-10,13-15,19H,6,8,11-12,16H2,1-5H3,(H,28,32). The maximum absolute atomic E-state index is 13.3. The van der Waals surface area contributed by atoms with Gasteiger partial charge in [-0.2, -0.15) is 0 Å². The molecule has 0 saturated heterocycles. The fraction of sp³-hybridized carbons (Fsp3) is 0.440. The molecule has 2 amide bonds. The second kappa shape index (κ2) is 12.6. The number of nitrogens with zero attached hydrogens (tertiary/aromatic N) is 2. The third-order valence-electron chi connectivity index (χ3n) is 5.56. The SMILES string of the molecule is CCNC(=O)C(C)N(Cc1c(Cl)cccc1Cl)C(=O)CCCN(c1cc(C)cc(C)c1)S(C)(=O)=O. The van der Waals surface area contributed by atoms with Crippen LogP contribution in [0.25, 0.3) is 0 Å². The Balaban J connectivity index is 2.23. The molecule has 2 aromatic carbocycles. The van der Waals surface area contributed by atoms with Crippen molar-refractivity contribution in [2.24, 2.45) is 0 Å². The summed E-state index contributed by atoms with van der Waals surface area (Å²) < 4.78 is 26.3. The van der Waals surface area contributed by atoms with Gasteiger partial charge < -0.3 is 10.2 Å². The van der Waals surface area contributed by atoms with Crippen molar-refractivity contribution in [2.45, 2.75) is 53.1 Å². The number of nitrogens with one attached hydrogen (secondary N) is 1. The third-order valence-corrected chi connectivity index (χ3v) is 7.46. The third kappa shape index (κ3) is 8.12. The Bertz CT molecular complexity index is 1130. The van der Waals surface area contributed by atoms with E-state index in [-0.39, 0.29) is 37.7 Å². The van der Waals surface area contributed by atoms with Gasteiger partial charge in [0, 0.05) is 41.7 Å². The van der Waals surface area contributed by atoms with Gasteiger partial charge in [0.05, 0.1) is 11.9 Å². The van der Waals surface area contributed by atoms with Gasteiger partial charge in [-0.15, -0.1) is 0 Å². The van der Waals surface area contributed by atoms with Crippen molar-refractivity contribution in [1.82, 2.24) is 10.2 Å². The first-order valence-electron chi connectivity index (χ1n) is 11.4. The van der Waals surface area contributed by atoms with E-state index in [0.717, 1.165) is 17.4 Å². The van der Waals surface area contributed by atoms with Gasteiger partial charge in [0.2, 0.25) is 21.8 Å². The van der Waals surface area contributed by atoms with E-state index in [4.69, 9.17) is 23.2 Å². The van der Waals surface area contributed by atoms with Gasteiger partial charge in [0.15, 0.2) is 0 Å². The molecule has 0 spiro atoms. The molecule has 0 saturated carbocycles. The monoisotopic (exact) mass is 541 g/mol.